The van der Waals surface area contributed by atoms with Crippen molar-refractivity contribution in [1.29, 1.82) is 0 Å². The van der Waals surface area contributed by atoms with Crippen LogP contribution in [0.1, 0.15) is 44.2 Å². The lowest BCUT2D eigenvalue weighted by Gasteiger charge is -2.12. The Morgan fingerprint density at radius 3 is 2.65 bits per heavy atom. The van der Waals surface area contributed by atoms with Crippen molar-refractivity contribution in [1.82, 2.24) is 9.78 Å². The normalized spacial score (nSPS) is 12.2. The summed E-state index contributed by atoms with van der Waals surface area (Å²) >= 11 is 7.20. The molecule has 0 radical (unpaired) electrons. The van der Waals surface area contributed by atoms with Crippen molar-refractivity contribution in [2.75, 3.05) is 17.7 Å². The average molecular weight is 533 g/mol. The second-order valence-electron chi connectivity index (χ2n) is 8.90. The molecule has 0 fully saturated rings. The molecule has 37 heavy (non-hydrogen) atoms. The number of aromatic nitrogens is 2. The number of esters is 1. The molecule has 4 aromatic rings. The van der Waals surface area contributed by atoms with E-state index < -0.39 is 0 Å². The van der Waals surface area contributed by atoms with Crippen LogP contribution in [0.15, 0.2) is 54.6 Å². The highest BCUT2D eigenvalue weighted by atomic mass is 32.1. The zero-order valence-electron chi connectivity index (χ0n) is 21.0. The number of para-hydroxylation sites is 1. The fourth-order valence-electron chi connectivity index (χ4n) is 4.59. The average Bonchev–Trinajstić information content (AvgIpc) is 3.54. The second kappa shape index (κ2) is 10.7. The first kappa shape index (κ1) is 25.0. The fraction of sp³-hybridized carbons (Fsp3) is 0.250. The number of methoxy groups -OCH3 is 1. The predicted molar refractivity (Wildman–Crippen MR) is 151 cm³/mol. The molecule has 0 amide bonds. The SMILES string of the molecule is COC(=O)c1c(NC(=S)Nc2c(C)nn(Cc3cccc(Oc4ccccc4)c3)c2C)sc2c1CCC2. The van der Waals surface area contributed by atoms with Gasteiger partial charge >= 0.3 is 5.97 Å². The van der Waals surface area contributed by atoms with E-state index in [4.69, 9.17) is 26.8 Å². The summed E-state index contributed by atoms with van der Waals surface area (Å²) in [5, 5.41) is 12.4. The number of nitrogens with zero attached hydrogens (tertiary/aromatic N) is 2. The number of nitrogens with one attached hydrogen (secondary N) is 2. The summed E-state index contributed by atoms with van der Waals surface area (Å²) in [5.41, 5.74) is 5.39. The van der Waals surface area contributed by atoms with Crippen molar-refractivity contribution in [3.8, 4) is 11.5 Å². The Hall–Kier alpha value is -3.69. The number of ether oxygens (including phenoxy) is 2. The molecule has 2 aromatic heterocycles. The van der Waals surface area contributed by atoms with Gasteiger partial charge in [-0.3, -0.25) is 4.68 Å². The predicted octanol–water partition coefficient (Wildman–Crippen LogP) is 6.49. The quantitative estimate of drug-likeness (QED) is 0.208. The molecule has 9 heteroatoms. The summed E-state index contributed by atoms with van der Waals surface area (Å²) in [6.07, 6.45) is 2.93. The van der Waals surface area contributed by atoms with E-state index in [9.17, 15) is 4.79 Å². The van der Waals surface area contributed by atoms with Gasteiger partial charge in [-0.1, -0.05) is 30.3 Å². The summed E-state index contributed by atoms with van der Waals surface area (Å²) in [4.78, 5) is 13.7. The topological polar surface area (TPSA) is 77.4 Å². The first-order chi connectivity index (χ1) is 17.9. The number of benzene rings is 2. The third-order valence-electron chi connectivity index (χ3n) is 6.37. The number of carbonyl (C=O) groups is 1. The van der Waals surface area contributed by atoms with E-state index in [2.05, 4.69) is 16.7 Å². The van der Waals surface area contributed by atoms with E-state index in [1.54, 1.807) is 11.3 Å². The molecule has 7 nitrogen and oxygen atoms in total. The Kier molecular flexibility index (Phi) is 7.25. The molecule has 5 rings (SSSR count). The van der Waals surface area contributed by atoms with Crippen LogP contribution in [0.5, 0.6) is 11.5 Å². The van der Waals surface area contributed by atoms with Crippen molar-refractivity contribution in [3.63, 3.8) is 0 Å². The molecule has 1 aliphatic rings. The van der Waals surface area contributed by atoms with Crippen LogP contribution < -0.4 is 15.4 Å². The molecular formula is C28H28N4O3S2. The van der Waals surface area contributed by atoms with Gasteiger partial charge in [0.1, 0.15) is 16.5 Å². The highest BCUT2D eigenvalue weighted by Crippen LogP contribution is 2.39. The fourth-order valence-corrected chi connectivity index (χ4v) is 6.15. The Balaban J connectivity index is 1.30. The number of thiophene rings is 1. The Morgan fingerprint density at radius 2 is 1.86 bits per heavy atom. The summed E-state index contributed by atoms with van der Waals surface area (Å²) < 4.78 is 13.0. The van der Waals surface area contributed by atoms with Crippen LogP contribution in [0, 0.1) is 13.8 Å². The van der Waals surface area contributed by atoms with Crippen LogP contribution in [0.2, 0.25) is 0 Å². The summed E-state index contributed by atoms with van der Waals surface area (Å²) in [7, 11) is 1.41. The number of hydrogen-bond acceptors (Lipinski definition) is 6. The van der Waals surface area contributed by atoms with E-state index in [1.165, 1.54) is 12.0 Å². The van der Waals surface area contributed by atoms with E-state index in [0.29, 0.717) is 17.2 Å². The molecule has 1 aliphatic carbocycles. The minimum Gasteiger partial charge on any atom is -0.465 e. The highest BCUT2D eigenvalue weighted by molar-refractivity contribution is 7.80. The maximum atomic E-state index is 12.5. The first-order valence-corrected chi connectivity index (χ1v) is 13.3. The van der Waals surface area contributed by atoms with Gasteiger partial charge in [-0.05, 0) is 80.7 Å². The van der Waals surface area contributed by atoms with Gasteiger partial charge in [0.05, 0.1) is 36.3 Å². The molecule has 2 heterocycles. The molecule has 0 atom stereocenters. The summed E-state index contributed by atoms with van der Waals surface area (Å²) in [6, 6.07) is 17.7. The molecule has 2 aromatic carbocycles. The van der Waals surface area contributed by atoms with Crippen molar-refractivity contribution in [2.24, 2.45) is 0 Å². The first-order valence-electron chi connectivity index (χ1n) is 12.1. The number of rotatable bonds is 7. The van der Waals surface area contributed by atoms with Crippen LogP contribution in [0.3, 0.4) is 0 Å². The molecule has 0 unspecified atom stereocenters. The maximum absolute atomic E-state index is 12.5. The molecular weight excluding hydrogens is 504 g/mol. The molecule has 0 spiro atoms. The van der Waals surface area contributed by atoms with Crippen molar-refractivity contribution in [2.45, 2.75) is 39.7 Å². The largest absolute Gasteiger partial charge is 0.465 e. The molecule has 0 saturated carbocycles. The van der Waals surface area contributed by atoms with Gasteiger partial charge in [-0.25, -0.2) is 4.79 Å². The van der Waals surface area contributed by atoms with Crippen molar-refractivity contribution < 1.29 is 14.3 Å². The minimum atomic E-state index is -0.330. The Bertz CT molecular complexity index is 1460. The molecule has 0 saturated heterocycles. The summed E-state index contributed by atoms with van der Waals surface area (Å²) in [6.45, 7) is 4.54. The number of fused-ring (bicyclic) bond motifs is 1. The van der Waals surface area contributed by atoms with Crippen LogP contribution in [-0.2, 0) is 24.1 Å². The lowest BCUT2D eigenvalue weighted by molar-refractivity contribution is 0.0601. The third kappa shape index (κ3) is 5.38. The van der Waals surface area contributed by atoms with Crippen molar-refractivity contribution in [3.05, 3.63) is 87.6 Å². The molecule has 2 N–H and O–H groups in total. The van der Waals surface area contributed by atoms with Crippen LogP contribution in [0.4, 0.5) is 10.7 Å². The van der Waals surface area contributed by atoms with Crippen molar-refractivity contribution >= 4 is 45.3 Å². The van der Waals surface area contributed by atoms with E-state index in [-0.39, 0.29) is 5.97 Å². The monoisotopic (exact) mass is 532 g/mol. The number of carbonyl (C=O) groups excluding carboxylic acids is 1. The maximum Gasteiger partial charge on any atom is 0.341 e. The van der Waals surface area contributed by atoms with E-state index >= 15 is 0 Å². The molecule has 190 valence electrons. The Labute approximate surface area is 225 Å². The van der Waals surface area contributed by atoms with E-state index in [1.807, 2.05) is 67.1 Å². The highest BCUT2D eigenvalue weighted by Gasteiger charge is 2.27. The zero-order valence-corrected chi connectivity index (χ0v) is 22.6. The van der Waals surface area contributed by atoms with Crippen LogP contribution in [0.25, 0.3) is 0 Å². The summed E-state index contributed by atoms with van der Waals surface area (Å²) in [5.74, 6) is 1.24. The number of thiocarbonyl (C=S) groups is 1. The van der Waals surface area contributed by atoms with Gasteiger partial charge in [0.15, 0.2) is 5.11 Å². The van der Waals surface area contributed by atoms with Crippen LogP contribution in [-0.4, -0.2) is 28.0 Å². The van der Waals surface area contributed by atoms with Gasteiger partial charge in [0.25, 0.3) is 0 Å². The minimum absolute atomic E-state index is 0.330. The van der Waals surface area contributed by atoms with E-state index in [0.717, 1.165) is 64.0 Å². The Morgan fingerprint density at radius 1 is 1.08 bits per heavy atom. The van der Waals surface area contributed by atoms with Gasteiger partial charge in [-0.2, -0.15) is 5.10 Å². The number of anilines is 2. The van der Waals surface area contributed by atoms with Crippen LogP contribution >= 0.6 is 23.6 Å². The smallest absolute Gasteiger partial charge is 0.341 e. The lowest BCUT2D eigenvalue weighted by Crippen LogP contribution is -2.21. The van der Waals surface area contributed by atoms with Gasteiger partial charge in [0, 0.05) is 4.88 Å². The standard InChI is InChI=1S/C28H28N4O3S2/c1-17-25(29-28(36)30-26-24(27(33)34-3)22-13-8-14-23(22)37-26)18(2)32(31-17)16-19-9-7-12-21(15-19)35-20-10-5-4-6-11-20/h4-7,9-12,15H,8,13-14,16H2,1-3H3,(H2,29,30,36). The third-order valence-corrected chi connectivity index (χ3v) is 7.78. The van der Waals surface area contributed by atoms with Gasteiger partial charge < -0.3 is 20.1 Å². The lowest BCUT2D eigenvalue weighted by atomic mass is 10.1. The number of hydrogen-bond donors (Lipinski definition) is 2. The number of aryl methyl sites for hydroxylation is 2. The van der Waals surface area contributed by atoms with Gasteiger partial charge in [-0.15, -0.1) is 11.3 Å². The zero-order chi connectivity index (χ0) is 25.9. The molecule has 0 aliphatic heterocycles. The second-order valence-corrected chi connectivity index (χ2v) is 10.4. The van der Waals surface area contributed by atoms with Gasteiger partial charge in [0.2, 0.25) is 0 Å². The molecule has 0 bridgehead atoms.